The first kappa shape index (κ1) is 23.4. The van der Waals surface area contributed by atoms with E-state index >= 15 is 0 Å². The maximum atomic E-state index is 13.4. The highest BCUT2D eigenvalue weighted by Crippen LogP contribution is 2.38. The monoisotopic (exact) mass is 510 g/mol. The number of alkyl halides is 2. The summed E-state index contributed by atoms with van der Waals surface area (Å²) in [6.45, 7) is 5.55. The van der Waals surface area contributed by atoms with Crippen LogP contribution in [0.2, 0.25) is 0 Å². The number of halogens is 3. The van der Waals surface area contributed by atoms with Crippen LogP contribution in [-0.4, -0.2) is 16.7 Å². The molecule has 0 saturated heterocycles. The van der Waals surface area contributed by atoms with Gasteiger partial charge in [0.25, 0.3) is 5.66 Å². The number of nitrogens with one attached hydrogen (secondary N) is 1. The molecule has 3 rings (SSSR count). The third kappa shape index (κ3) is 6.11. The molecule has 0 fully saturated rings. The summed E-state index contributed by atoms with van der Waals surface area (Å²) in [6.07, 6.45) is 1.10. The fraction of sp³-hybridized carbons (Fsp3) is 0.273. The summed E-state index contributed by atoms with van der Waals surface area (Å²) in [5, 5.41) is 3.51. The van der Waals surface area contributed by atoms with Crippen LogP contribution in [0.3, 0.4) is 0 Å². The second-order valence-corrected chi connectivity index (χ2v) is 9.37. The summed E-state index contributed by atoms with van der Waals surface area (Å²) in [5.41, 5.74) is -2.41. The van der Waals surface area contributed by atoms with E-state index in [1.165, 1.54) is 33.5 Å². The van der Waals surface area contributed by atoms with Crippen LogP contribution in [0.4, 0.5) is 13.6 Å². The van der Waals surface area contributed by atoms with Gasteiger partial charge < -0.3 is 14.8 Å². The van der Waals surface area contributed by atoms with Crippen molar-refractivity contribution in [3.8, 4) is 11.5 Å². The van der Waals surface area contributed by atoms with Gasteiger partial charge in [0, 0.05) is 28.2 Å². The molecular formula is C22H22BrF2N2O3P. The summed E-state index contributed by atoms with van der Waals surface area (Å²) < 4.78 is 38.9. The standard InChI is InChI=1S/C22H22BrF2N2O3P/c1-21(2,3)30-20(28)27-12-13-11-17(19-16(18(13)23)5-4-10-26-19)29-15-8-6-14(7-9-15)22(24,25)31/h4-11H,12,31H2,1-3H3,(H,27,28). The van der Waals surface area contributed by atoms with E-state index in [4.69, 9.17) is 9.47 Å². The Kier molecular flexibility index (Phi) is 6.82. The van der Waals surface area contributed by atoms with E-state index in [0.29, 0.717) is 17.0 Å². The van der Waals surface area contributed by atoms with Crippen LogP contribution in [0, 0.1) is 0 Å². The van der Waals surface area contributed by atoms with E-state index in [1.54, 1.807) is 39.1 Å². The molecule has 0 aliphatic heterocycles. The van der Waals surface area contributed by atoms with Gasteiger partial charge in [-0.1, -0.05) is 9.24 Å². The van der Waals surface area contributed by atoms with Crippen molar-refractivity contribution in [2.24, 2.45) is 0 Å². The van der Waals surface area contributed by atoms with Crippen molar-refractivity contribution >= 4 is 42.2 Å². The van der Waals surface area contributed by atoms with Gasteiger partial charge in [0.2, 0.25) is 0 Å². The van der Waals surface area contributed by atoms with Crippen molar-refractivity contribution in [1.29, 1.82) is 0 Å². The molecule has 5 nitrogen and oxygen atoms in total. The Morgan fingerprint density at radius 1 is 1.19 bits per heavy atom. The maximum Gasteiger partial charge on any atom is 0.407 e. The molecule has 1 N–H and O–H groups in total. The highest BCUT2D eigenvalue weighted by atomic mass is 79.9. The van der Waals surface area contributed by atoms with Crippen molar-refractivity contribution in [2.45, 2.75) is 38.6 Å². The largest absolute Gasteiger partial charge is 0.455 e. The predicted molar refractivity (Wildman–Crippen MR) is 123 cm³/mol. The van der Waals surface area contributed by atoms with Crippen LogP contribution in [0.5, 0.6) is 11.5 Å². The molecule has 1 atom stereocenters. The molecule has 0 spiro atoms. The fourth-order valence-electron chi connectivity index (χ4n) is 2.80. The zero-order valence-electron chi connectivity index (χ0n) is 17.2. The number of rotatable bonds is 5. The summed E-state index contributed by atoms with van der Waals surface area (Å²) in [7, 11) is 1.51. The van der Waals surface area contributed by atoms with Crippen LogP contribution >= 0.6 is 25.2 Å². The van der Waals surface area contributed by atoms with Crippen LogP contribution in [0.25, 0.3) is 10.9 Å². The molecular weight excluding hydrogens is 489 g/mol. The van der Waals surface area contributed by atoms with Crippen molar-refractivity contribution in [1.82, 2.24) is 10.3 Å². The van der Waals surface area contributed by atoms with E-state index < -0.39 is 17.4 Å². The number of fused-ring (bicyclic) bond motifs is 1. The lowest BCUT2D eigenvalue weighted by atomic mass is 10.1. The molecule has 0 aliphatic rings. The van der Waals surface area contributed by atoms with Crippen LogP contribution < -0.4 is 10.1 Å². The Labute approximate surface area is 189 Å². The molecule has 1 aromatic heterocycles. The average Bonchev–Trinajstić information content (AvgIpc) is 2.67. The summed E-state index contributed by atoms with van der Waals surface area (Å²) in [5.74, 6) is 0.823. The lowest BCUT2D eigenvalue weighted by Gasteiger charge is -2.20. The lowest BCUT2D eigenvalue weighted by Crippen LogP contribution is -2.32. The molecule has 0 bridgehead atoms. The SMILES string of the molecule is CC(C)(C)OC(=O)NCc1cc(Oc2ccc(C(F)(F)P)cc2)c2ncccc2c1Br. The maximum absolute atomic E-state index is 13.4. The van der Waals surface area contributed by atoms with Crippen LogP contribution in [-0.2, 0) is 16.9 Å². The predicted octanol–water partition coefficient (Wildman–Crippen LogP) is 6.74. The minimum Gasteiger partial charge on any atom is -0.455 e. The van der Waals surface area contributed by atoms with Gasteiger partial charge >= 0.3 is 6.09 Å². The number of carbonyl (C=O) groups excluding carboxylic acids is 1. The van der Waals surface area contributed by atoms with Gasteiger partial charge in [-0.25, -0.2) is 4.79 Å². The van der Waals surface area contributed by atoms with Gasteiger partial charge in [-0.05, 0) is 84.7 Å². The lowest BCUT2D eigenvalue weighted by molar-refractivity contribution is 0.0523. The highest BCUT2D eigenvalue weighted by molar-refractivity contribution is 9.10. The van der Waals surface area contributed by atoms with Gasteiger partial charge in [0.15, 0.2) is 5.75 Å². The second kappa shape index (κ2) is 9.05. The smallest absolute Gasteiger partial charge is 0.407 e. The fourth-order valence-corrected chi connectivity index (χ4v) is 3.57. The zero-order valence-corrected chi connectivity index (χ0v) is 19.9. The second-order valence-electron chi connectivity index (χ2n) is 7.85. The minimum atomic E-state index is -3.01. The Morgan fingerprint density at radius 3 is 2.48 bits per heavy atom. The normalized spacial score (nSPS) is 12.0. The van der Waals surface area contributed by atoms with E-state index in [2.05, 4.69) is 26.2 Å². The summed E-state index contributed by atoms with van der Waals surface area (Å²) >= 11 is 3.57. The van der Waals surface area contributed by atoms with Gasteiger partial charge in [-0.3, -0.25) is 4.98 Å². The Hall–Kier alpha value is -2.31. The topological polar surface area (TPSA) is 60.5 Å². The first-order chi connectivity index (χ1) is 14.4. The first-order valence-corrected chi connectivity index (χ1v) is 10.8. The third-order valence-corrected chi connectivity index (χ3v) is 5.42. The molecule has 164 valence electrons. The number of hydrogen-bond acceptors (Lipinski definition) is 4. The number of carbonyl (C=O) groups is 1. The number of amides is 1. The number of benzene rings is 2. The average molecular weight is 511 g/mol. The number of ether oxygens (including phenoxy) is 2. The highest BCUT2D eigenvalue weighted by Gasteiger charge is 2.24. The van der Waals surface area contributed by atoms with Crippen LogP contribution in [0.15, 0.2) is 53.1 Å². The molecule has 1 heterocycles. The summed E-state index contributed by atoms with van der Waals surface area (Å²) in [4.78, 5) is 16.4. The minimum absolute atomic E-state index is 0.133. The number of nitrogens with zero attached hydrogens (tertiary/aromatic N) is 1. The number of aromatic nitrogens is 1. The van der Waals surface area contributed by atoms with E-state index in [-0.39, 0.29) is 12.1 Å². The van der Waals surface area contributed by atoms with Crippen molar-refractivity contribution in [3.05, 3.63) is 64.3 Å². The van der Waals surface area contributed by atoms with E-state index in [1.807, 2.05) is 6.07 Å². The Morgan fingerprint density at radius 2 is 1.87 bits per heavy atom. The zero-order chi connectivity index (χ0) is 22.8. The molecule has 0 aliphatic carbocycles. The molecule has 3 aromatic rings. The first-order valence-electron chi connectivity index (χ1n) is 9.42. The number of pyridine rings is 1. The molecule has 31 heavy (non-hydrogen) atoms. The van der Waals surface area contributed by atoms with Crippen molar-refractivity contribution in [3.63, 3.8) is 0 Å². The molecule has 1 amide bonds. The molecule has 0 saturated carbocycles. The molecule has 0 radical (unpaired) electrons. The molecule has 9 heteroatoms. The van der Waals surface area contributed by atoms with E-state index in [9.17, 15) is 13.6 Å². The third-order valence-electron chi connectivity index (χ3n) is 4.15. The molecule has 1 unspecified atom stereocenters. The number of alkyl carbamates (subject to hydrolysis) is 1. The Balaban J connectivity index is 1.90. The van der Waals surface area contributed by atoms with Gasteiger partial charge in [0.1, 0.15) is 16.9 Å². The van der Waals surface area contributed by atoms with Crippen molar-refractivity contribution < 1.29 is 23.0 Å². The van der Waals surface area contributed by atoms with Crippen LogP contribution in [0.1, 0.15) is 31.9 Å². The Bertz CT molecular complexity index is 1100. The molecule has 2 aromatic carbocycles. The van der Waals surface area contributed by atoms with E-state index in [0.717, 1.165) is 15.4 Å². The van der Waals surface area contributed by atoms with Gasteiger partial charge in [-0.2, -0.15) is 8.78 Å². The van der Waals surface area contributed by atoms with Gasteiger partial charge in [0.05, 0.1) is 0 Å². The number of hydrogen-bond donors (Lipinski definition) is 1. The quantitative estimate of drug-likeness (QED) is 0.386. The summed E-state index contributed by atoms with van der Waals surface area (Å²) in [6, 6.07) is 11.0. The van der Waals surface area contributed by atoms with Crippen molar-refractivity contribution in [2.75, 3.05) is 0 Å². The van der Waals surface area contributed by atoms with Gasteiger partial charge in [-0.15, -0.1) is 0 Å².